The number of fused-ring (bicyclic) bond motifs is 1. The summed E-state index contributed by atoms with van der Waals surface area (Å²) in [6, 6.07) is 18.8. The summed E-state index contributed by atoms with van der Waals surface area (Å²) < 4.78 is 14.6. The number of nitrogens with zero attached hydrogens (tertiary/aromatic N) is 4. The first-order valence-electron chi connectivity index (χ1n) is 11.5. The summed E-state index contributed by atoms with van der Waals surface area (Å²) in [7, 11) is 0. The molecule has 0 saturated carbocycles. The van der Waals surface area contributed by atoms with Crippen LogP contribution in [-0.2, 0) is 5.41 Å². The number of H-pyrrole nitrogens is 1. The van der Waals surface area contributed by atoms with E-state index in [1.165, 1.54) is 18.5 Å². The number of aromatic nitrogens is 4. The predicted octanol–water partition coefficient (Wildman–Crippen LogP) is 5.96. The first kappa shape index (κ1) is 23.6. The zero-order valence-corrected chi connectivity index (χ0v) is 20.1. The van der Waals surface area contributed by atoms with Gasteiger partial charge in [-0.2, -0.15) is 5.26 Å². The maximum atomic E-state index is 14.6. The molecule has 5 aromatic rings. The Kier molecular flexibility index (Phi) is 6.07. The second-order valence-electron chi connectivity index (χ2n) is 8.99. The van der Waals surface area contributed by atoms with Crippen LogP contribution in [0.5, 0.6) is 0 Å². The van der Waals surface area contributed by atoms with Gasteiger partial charge in [0.25, 0.3) is 5.91 Å². The Morgan fingerprint density at radius 2 is 1.86 bits per heavy atom. The molecule has 37 heavy (non-hydrogen) atoms. The summed E-state index contributed by atoms with van der Waals surface area (Å²) in [5, 5.41) is 16.1. The number of pyridine rings is 1. The molecule has 2 aromatic carbocycles. The smallest absolute Gasteiger partial charge is 0.255 e. The van der Waals surface area contributed by atoms with Gasteiger partial charge < -0.3 is 15.6 Å². The van der Waals surface area contributed by atoms with E-state index in [2.05, 4.69) is 36.6 Å². The average molecular weight is 492 g/mol. The first-order chi connectivity index (χ1) is 17.8. The summed E-state index contributed by atoms with van der Waals surface area (Å²) >= 11 is 0. The van der Waals surface area contributed by atoms with E-state index in [1.54, 1.807) is 62.6 Å². The number of nitrogens with one attached hydrogen (secondary N) is 3. The highest BCUT2D eigenvalue weighted by Crippen LogP contribution is 2.32. The minimum atomic E-state index is -0.748. The summed E-state index contributed by atoms with van der Waals surface area (Å²) in [6.45, 7) is 3.56. The molecule has 0 aliphatic rings. The lowest BCUT2D eigenvalue weighted by Crippen LogP contribution is -2.17. The molecule has 0 spiro atoms. The molecule has 0 radical (unpaired) electrons. The largest absolute Gasteiger partial charge is 0.346 e. The van der Waals surface area contributed by atoms with E-state index in [4.69, 9.17) is 0 Å². The lowest BCUT2D eigenvalue weighted by molar-refractivity contribution is 0.102. The van der Waals surface area contributed by atoms with Gasteiger partial charge in [-0.1, -0.05) is 12.1 Å². The Hall–Kier alpha value is -5.10. The Morgan fingerprint density at radius 1 is 1.03 bits per heavy atom. The number of carbonyl (C=O) groups excluding carboxylic acids is 1. The zero-order chi connectivity index (χ0) is 26.0. The topological polar surface area (TPSA) is 119 Å². The van der Waals surface area contributed by atoms with Crippen LogP contribution in [0.2, 0.25) is 0 Å². The van der Waals surface area contributed by atoms with Crippen LogP contribution in [0.1, 0.15) is 29.8 Å². The Labute approximate surface area is 212 Å². The van der Waals surface area contributed by atoms with Gasteiger partial charge in [0.05, 0.1) is 17.2 Å². The quantitative estimate of drug-likeness (QED) is 0.270. The molecule has 182 valence electrons. The van der Waals surface area contributed by atoms with Crippen molar-refractivity contribution in [3.05, 3.63) is 96.3 Å². The molecule has 3 N–H and O–H groups in total. The van der Waals surface area contributed by atoms with E-state index in [0.29, 0.717) is 39.5 Å². The van der Waals surface area contributed by atoms with Gasteiger partial charge in [-0.25, -0.2) is 19.3 Å². The maximum absolute atomic E-state index is 14.6. The molecule has 0 atom stereocenters. The van der Waals surface area contributed by atoms with E-state index in [9.17, 15) is 14.4 Å². The van der Waals surface area contributed by atoms with Crippen LogP contribution >= 0.6 is 0 Å². The fourth-order valence-electron chi connectivity index (χ4n) is 3.97. The van der Waals surface area contributed by atoms with Crippen LogP contribution in [0.25, 0.3) is 22.3 Å². The van der Waals surface area contributed by atoms with Crippen LogP contribution in [0, 0.1) is 17.1 Å². The van der Waals surface area contributed by atoms with E-state index in [-0.39, 0.29) is 5.69 Å². The van der Waals surface area contributed by atoms with Crippen molar-refractivity contribution in [2.24, 2.45) is 0 Å². The van der Waals surface area contributed by atoms with E-state index in [0.717, 1.165) is 5.39 Å². The Balaban J connectivity index is 1.43. The second-order valence-corrected chi connectivity index (χ2v) is 8.99. The number of aromatic amines is 1. The SMILES string of the molecule is CC(C)(C#N)c1cccc(C(=O)Nc2cc(F)cc(Nc3ncccc3-c3ncnc4[nH]ccc34)c2)c1. The van der Waals surface area contributed by atoms with Crippen LogP contribution in [-0.4, -0.2) is 25.8 Å². The molecule has 0 saturated heterocycles. The van der Waals surface area contributed by atoms with E-state index in [1.807, 2.05) is 12.1 Å². The molecule has 0 bridgehead atoms. The summed E-state index contributed by atoms with van der Waals surface area (Å²) in [5.41, 5.74) is 3.08. The number of rotatable bonds is 6. The van der Waals surface area contributed by atoms with Gasteiger partial charge in [0.2, 0.25) is 0 Å². The Morgan fingerprint density at radius 3 is 2.70 bits per heavy atom. The van der Waals surface area contributed by atoms with Gasteiger partial charge >= 0.3 is 0 Å². The molecule has 0 aliphatic heterocycles. The number of hydrogen-bond donors (Lipinski definition) is 3. The summed E-state index contributed by atoms with van der Waals surface area (Å²) in [6.07, 6.45) is 4.87. The Bertz CT molecular complexity index is 1670. The number of benzene rings is 2. The summed E-state index contributed by atoms with van der Waals surface area (Å²) in [4.78, 5) is 29.1. The van der Waals surface area contributed by atoms with Crippen molar-refractivity contribution >= 4 is 34.1 Å². The van der Waals surface area contributed by atoms with Crippen molar-refractivity contribution in [2.45, 2.75) is 19.3 Å². The molecule has 5 rings (SSSR count). The molecule has 8 nitrogen and oxygen atoms in total. The van der Waals surface area contributed by atoms with E-state index < -0.39 is 17.1 Å². The van der Waals surface area contributed by atoms with Crippen molar-refractivity contribution < 1.29 is 9.18 Å². The normalized spacial score (nSPS) is 11.2. The monoisotopic (exact) mass is 491 g/mol. The minimum Gasteiger partial charge on any atom is -0.346 e. The number of halogens is 1. The van der Waals surface area contributed by atoms with Crippen molar-refractivity contribution in [1.82, 2.24) is 19.9 Å². The van der Waals surface area contributed by atoms with Gasteiger partial charge in [-0.15, -0.1) is 0 Å². The molecular weight excluding hydrogens is 469 g/mol. The molecule has 3 heterocycles. The number of nitriles is 1. The van der Waals surface area contributed by atoms with Gasteiger partial charge in [-0.3, -0.25) is 4.79 Å². The zero-order valence-electron chi connectivity index (χ0n) is 20.1. The van der Waals surface area contributed by atoms with Crippen molar-refractivity contribution in [3.8, 4) is 17.3 Å². The van der Waals surface area contributed by atoms with Crippen molar-refractivity contribution in [1.29, 1.82) is 5.26 Å². The third-order valence-corrected chi connectivity index (χ3v) is 5.96. The van der Waals surface area contributed by atoms with Crippen LogP contribution < -0.4 is 10.6 Å². The summed E-state index contributed by atoms with van der Waals surface area (Å²) in [5.74, 6) is -0.480. The highest BCUT2D eigenvalue weighted by atomic mass is 19.1. The third-order valence-electron chi connectivity index (χ3n) is 5.96. The number of anilines is 3. The third kappa shape index (κ3) is 4.86. The number of amides is 1. The molecule has 3 aromatic heterocycles. The first-order valence-corrected chi connectivity index (χ1v) is 11.5. The molecule has 0 aliphatic carbocycles. The average Bonchev–Trinajstić information content (AvgIpc) is 3.38. The number of hydrogen-bond acceptors (Lipinski definition) is 6. The van der Waals surface area contributed by atoms with Gasteiger partial charge in [0, 0.05) is 40.3 Å². The molecular formula is C28H22FN7O. The molecule has 1 amide bonds. The molecule has 0 unspecified atom stereocenters. The van der Waals surface area contributed by atoms with Crippen LogP contribution in [0.3, 0.4) is 0 Å². The second kappa shape index (κ2) is 9.51. The highest BCUT2D eigenvalue weighted by Gasteiger charge is 2.21. The van der Waals surface area contributed by atoms with Gasteiger partial charge in [0.1, 0.15) is 23.6 Å². The standard InChI is InChI=1S/C28H22FN7O/c1-28(2,15-30)18-6-3-5-17(11-18)27(37)36-21-13-19(29)12-20(14-21)35-26-22(7-4-9-31-26)24-23-8-10-32-25(23)34-16-33-24/h3-14,16H,1-2H3,(H,31,35)(H,36,37)(H,32,33,34). The number of carbonyl (C=O) groups is 1. The lowest BCUT2D eigenvalue weighted by Gasteiger charge is -2.17. The van der Waals surface area contributed by atoms with Crippen molar-refractivity contribution in [3.63, 3.8) is 0 Å². The lowest BCUT2D eigenvalue weighted by atomic mass is 9.85. The molecule has 0 fully saturated rings. The fraction of sp³-hybridized carbons (Fsp3) is 0.107. The predicted molar refractivity (Wildman–Crippen MR) is 140 cm³/mol. The van der Waals surface area contributed by atoms with Gasteiger partial charge in [-0.05, 0) is 67.9 Å². The maximum Gasteiger partial charge on any atom is 0.255 e. The molecule has 9 heteroatoms. The fourth-order valence-corrected chi connectivity index (χ4v) is 3.97. The van der Waals surface area contributed by atoms with Crippen molar-refractivity contribution in [2.75, 3.05) is 10.6 Å². The minimum absolute atomic E-state index is 0.269. The van der Waals surface area contributed by atoms with Crippen LogP contribution in [0.15, 0.2) is 79.4 Å². The highest BCUT2D eigenvalue weighted by molar-refractivity contribution is 6.04. The van der Waals surface area contributed by atoms with Crippen LogP contribution in [0.4, 0.5) is 21.6 Å². The van der Waals surface area contributed by atoms with E-state index >= 15 is 0 Å². The van der Waals surface area contributed by atoms with Gasteiger partial charge in [0.15, 0.2) is 0 Å².